The number of likely N-dealkylation sites (tertiary alicyclic amines) is 1. The van der Waals surface area contributed by atoms with Crippen molar-refractivity contribution in [2.75, 3.05) is 39.8 Å². The van der Waals surface area contributed by atoms with Crippen molar-refractivity contribution in [3.8, 4) is 0 Å². The molecule has 0 aromatic heterocycles. The highest BCUT2D eigenvalue weighted by molar-refractivity contribution is 5.22. The second-order valence-corrected chi connectivity index (χ2v) is 5.23. The summed E-state index contributed by atoms with van der Waals surface area (Å²) in [6, 6.07) is 0. The van der Waals surface area contributed by atoms with Gasteiger partial charge in [-0.25, -0.2) is 0 Å². The van der Waals surface area contributed by atoms with Crippen LogP contribution in [-0.2, 0) is 4.74 Å². The fourth-order valence-electron chi connectivity index (χ4n) is 3.03. The van der Waals surface area contributed by atoms with Gasteiger partial charge >= 0.3 is 0 Å². The summed E-state index contributed by atoms with van der Waals surface area (Å²) in [6.45, 7) is 5.15. The molecule has 0 aromatic rings. The topological polar surface area (TPSA) is 15.7 Å². The van der Waals surface area contributed by atoms with E-state index >= 15 is 0 Å². The lowest BCUT2D eigenvalue weighted by Gasteiger charge is -2.53. The first-order valence-corrected chi connectivity index (χ1v) is 6.22. The summed E-state index contributed by atoms with van der Waals surface area (Å²) in [4.78, 5) is 4.82. The van der Waals surface area contributed by atoms with E-state index in [2.05, 4.69) is 35.1 Å². The van der Waals surface area contributed by atoms with Crippen molar-refractivity contribution in [2.45, 2.75) is 18.4 Å². The summed E-state index contributed by atoms with van der Waals surface area (Å²) in [5.41, 5.74) is 1.53. The van der Waals surface area contributed by atoms with Crippen molar-refractivity contribution >= 4 is 0 Å². The largest absolute Gasteiger partial charge is 0.369 e. The molecule has 1 spiro atoms. The number of hydrogen-bond donors (Lipinski definition) is 0. The lowest BCUT2D eigenvalue weighted by atomic mass is 9.92. The van der Waals surface area contributed by atoms with Crippen LogP contribution in [-0.4, -0.2) is 55.2 Å². The van der Waals surface area contributed by atoms with Gasteiger partial charge in [-0.2, -0.15) is 0 Å². The van der Waals surface area contributed by atoms with Crippen molar-refractivity contribution in [3.63, 3.8) is 0 Å². The quantitative estimate of drug-likeness (QED) is 0.661. The number of morpholine rings is 1. The molecular weight excluding hydrogens is 200 g/mol. The van der Waals surface area contributed by atoms with Crippen LogP contribution >= 0.6 is 0 Å². The molecule has 2 fully saturated rings. The van der Waals surface area contributed by atoms with Gasteiger partial charge in [0.05, 0.1) is 6.61 Å². The minimum atomic E-state index is 0.124. The first kappa shape index (κ1) is 10.4. The zero-order valence-electron chi connectivity index (χ0n) is 9.98. The predicted octanol–water partition coefficient (Wildman–Crippen LogP) is 1.24. The lowest BCUT2D eigenvalue weighted by Crippen LogP contribution is -2.68. The van der Waals surface area contributed by atoms with E-state index in [-0.39, 0.29) is 5.60 Å². The van der Waals surface area contributed by atoms with Crippen LogP contribution in [0.2, 0.25) is 0 Å². The first-order chi connectivity index (χ1) is 7.77. The van der Waals surface area contributed by atoms with Crippen molar-refractivity contribution in [1.29, 1.82) is 0 Å². The van der Waals surface area contributed by atoms with E-state index in [0.717, 1.165) is 32.8 Å². The number of rotatable bonds is 1. The smallest absolute Gasteiger partial charge is 0.111 e. The predicted molar refractivity (Wildman–Crippen MR) is 64.2 cm³/mol. The molecule has 0 radical (unpaired) electrons. The molecule has 0 aromatic carbocycles. The minimum Gasteiger partial charge on any atom is -0.369 e. The molecule has 0 amide bonds. The Kier molecular flexibility index (Phi) is 2.52. The molecule has 2 heterocycles. The van der Waals surface area contributed by atoms with E-state index in [1.165, 1.54) is 18.5 Å². The molecule has 0 atom stereocenters. The normalized spacial score (nSPS) is 29.1. The molecular formula is C13H20N2O. The minimum absolute atomic E-state index is 0.124. The fraction of sp³-hybridized carbons (Fsp3) is 0.692. The number of allylic oxidation sites excluding steroid dienone is 3. The van der Waals surface area contributed by atoms with Gasteiger partial charge in [0.15, 0.2) is 0 Å². The summed E-state index contributed by atoms with van der Waals surface area (Å²) in [5, 5.41) is 0. The summed E-state index contributed by atoms with van der Waals surface area (Å²) in [7, 11) is 2.16. The van der Waals surface area contributed by atoms with Gasteiger partial charge in [-0.15, -0.1) is 0 Å². The molecule has 3 aliphatic rings. The molecule has 16 heavy (non-hydrogen) atoms. The molecule has 2 aliphatic heterocycles. The van der Waals surface area contributed by atoms with Gasteiger partial charge in [0.1, 0.15) is 5.60 Å². The maximum atomic E-state index is 5.96. The molecule has 0 bridgehead atoms. The van der Waals surface area contributed by atoms with Crippen molar-refractivity contribution in [3.05, 3.63) is 23.9 Å². The van der Waals surface area contributed by atoms with Crippen LogP contribution in [0, 0.1) is 0 Å². The molecule has 2 saturated heterocycles. The highest BCUT2D eigenvalue weighted by Gasteiger charge is 2.45. The van der Waals surface area contributed by atoms with Gasteiger partial charge in [-0.3, -0.25) is 0 Å². The Hall–Kier alpha value is -0.800. The Morgan fingerprint density at radius 1 is 1.25 bits per heavy atom. The van der Waals surface area contributed by atoms with Gasteiger partial charge in [0, 0.05) is 31.9 Å². The van der Waals surface area contributed by atoms with Crippen LogP contribution in [0.3, 0.4) is 0 Å². The Morgan fingerprint density at radius 3 is 2.81 bits per heavy atom. The Bertz CT molecular complexity index is 323. The van der Waals surface area contributed by atoms with E-state index < -0.39 is 0 Å². The average molecular weight is 220 g/mol. The van der Waals surface area contributed by atoms with Crippen LogP contribution in [0.5, 0.6) is 0 Å². The third kappa shape index (κ3) is 1.78. The lowest BCUT2D eigenvalue weighted by molar-refractivity contribution is -0.171. The van der Waals surface area contributed by atoms with Crippen LogP contribution in [0.25, 0.3) is 0 Å². The number of likely N-dealkylation sites (N-methyl/N-ethyl adjacent to an activating group) is 1. The van der Waals surface area contributed by atoms with Gasteiger partial charge in [0.2, 0.25) is 0 Å². The number of hydrogen-bond acceptors (Lipinski definition) is 3. The van der Waals surface area contributed by atoms with E-state index in [9.17, 15) is 0 Å². The zero-order chi connectivity index (χ0) is 11.0. The Labute approximate surface area is 97.4 Å². The van der Waals surface area contributed by atoms with Crippen LogP contribution in [0.1, 0.15) is 12.8 Å². The average Bonchev–Trinajstić information content (AvgIpc) is 2.29. The summed E-state index contributed by atoms with van der Waals surface area (Å²) >= 11 is 0. The highest BCUT2D eigenvalue weighted by atomic mass is 16.5. The standard InChI is InChI=1S/C13H20N2O/c1-14-9-13(10-14)11-15(7-8-16-13)12-5-3-2-4-6-12/h3,5-6H,2,4,7-11H2,1H3. The summed E-state index contributed by atoms with van der Waals surface area (Å²) < 4.78 is 5.96. The SMILES string of the molecule is CN1CC2(C1)CN(C1=CCCC=C1)CCO2. The zero-order valence-corrected chi connectivity index (χ0v) is 9.98. The van der Waals surface area contributed by atoms with Gasteiger partial charge < -0.3 is 14.5 Å². The van der Waals surface area contributed by atoms with E-state index in [1.54, 1.807) is 0 Å². The van der Waals surface area contributed by atoms with E-state index in [4.69, 9.17) is 4.74 Å². The molecule has 0 saturated carbocycles. The van der Waals surface area contributed by atoms with Crippen LogP contribution in [0.4, 0.5) is 0 Å². The van der Waals surface area contributed by atoms with Gasteiger partial charge in [0.25, 0.3) is 0 Å². The maximum absolute atomic E-state index is 5.96. The van der Waals surface area contributed by atoms with Gasteiger partial charge in [-0.05, 0) is 26.0 Å². The molecule has 3 heteroatoms. The second-order valence-electron chi connectivity index (χ2n) is 5.23. The molecule has 1 aliphatic carbocycles. The molecule has 88 valence electrons. The Morgan fingerprint density at radius 2 is 2.12 bits per heavy atom. The van der Waals surface area contributed by atoms with Crippen LogP contribution in [0.15, 0.2) is 23.9 Å². The Balaban J connectivity index is 1.68. The fourth-order valence-corrected chi connectivity index (χ4v) is 3.03. The third-order valence-corrected chi connectivity index (χ3v) is 3.71. The highest BCUT2D eigenvalue weighted by Crippen LogP contribution is 2.30. The van der Waals surface area contributed by atoms with Crippen LogP contribution < -0.4 is 0 Å². The van der Waals surface area contributed by atoms with Gasteiger partial charge in [-0.1, -0.05) is 12.2 Å². The molecule has 0 unspecified atom stereocenters. The summed E-state index contributed by atoms with van der Waals surface area (Å²) in [5.74, 6) is 0. The van der Waals surface area contributed by atoms with Crippen molar-refractivity contribution in [1.82, 2.24) is 9.80 Å². The molecule has 3 rings (SSSR count). The summed E-state index contributed by atoms with van der Waals surface area (Å²) in [6.07, 6.45) is 9.30. The third-order valence-electron chi connectivity index (χ3n) is 3.71. The van der Waals surface area contributed by atoms with Crippen molar-refractivity contribution < 1.29 is 4.74 Å². The maximum Gasteiger partial charge on any atom is 0.111 e. The van der Waals surface area contributed by atoms with E-state index in [1.807, 2.05) is 0 Å². The number of nitrogens with zero attached hydrogens (tertiary/aromatic N) is 2. The monoisotopic (exact) mass is 220 g/mol. The van der Waals surface area contributed by atoms with Crippen molar-refractivity contribution in [2.24, 2.45) is 0 Å². The number of ether oxygens (including phenoxy) is 1. The molecule has 3 nitrogen and oxygen atoms in total. The second kappa shape index (κ2) is 3.90. The first-order valence-electron chi connectivity index (χ1n) is 6.22. The molecule has 0 N–H and O–H groups in total. The van der Waals surface area contributed by atoms with E-state index in [0.29, 0.717) is 0 Å².